The van der Waals surface area contributed by atoms with Crippen molar-refractivity contribution in [1.82, 2.24) is 0 Å². The van der Waals surface area contributed by atoms with Gasteiger partial charge in [0.15, 0.2) is 0 Å². The molecule has 7 heteroatoms. The van der Waals surface area contributed by atoms with Crippen LogP contribution in [0.3, 0.4) is 0 Å². The molecule has 5 rings (SSSR count). The van der Waals surface area contributed by atoms with Crippen molar-refractivity contribution in [3.8, 4) is 0 Å². The summed E-state index contributed by atoms with van der Waals surface area (Å²) in [4.78, 5) is 30.0. The molecule has 0 bridgehead atoms. The number of nitrogens with one attached hydrogen (secondary N) is 2. The van der Waals surface area contributed by atoms with E-state index in [0.717, 1.165) is 27.9 Å². The van der Waals surface area contributed by atoms with Crippen LogP contribution in [0.4, 0.5) is 21.5 Å². The number of amides is 2. The van der Waals surface area contributed by atoms with Gasteiger partial charge in [0.05, 0.1) is 24.1 Å². The quantitative estimate of drug-likeness (QED) is 0.226. The number of aliphatic hydroxyl groups is 1. The monoisotopic (exact) mass is 565 g/mol. The molecule has 0 saturated heterocycles. The predicted molar refractivity (Wildman–Crippen MR) is 165 cm³/mol. The lowest BCUT2D eigenvalue weighted by atomic mass is 9.80. The minimum absolute atomic E-state index is 0.00771. The molecule has 0 unspecified atom stereocenters. The average molecular weight is 566 g/mol. The van der Waals surface area contributed by atoms with Gasteiger partial charge >= 0.3 is 0 Å². The number of carbonyl (C=O) groups is 2. The average Bonchev–Trinajstić information content (AvgIpc) is 2.96. The molecule has 0 saturated carbocycles. The fraction of sp³-hybridized carbons (Fsp3) is 0.257. The molecule has 0 radical (unpaired) electrons. The van der Waals surface area contributed by atoms with Crippen LogP contribution in [0, 0.1) is 25.6 Å². The Kier molecular flexibility index (Phi) is 8.41. The van der Waals surface area contributed by atoms with Crippen molar-refractivity contribution >= 4 is 28.9 Å². The zero-order valence-electron chi connectivity index (χ0n) is 24.3. The van der Waals surface area contributed by atoms with E-state index in [4.69, 9.17) is 0 Å². The molecule has 3 N–H and O–H groups in total. The van der Waals surface area contributed by atoms with E-state index in [9.17, 15) is 14.7 Å². The minimum Gasteiger partial charge on any atom is -0.392 e. The maximum absolute atomic E-state index is 15.2. The number of para-hydroxylation sites is 1. The van der Waals surface area contributed by atoms with Crippen molar-refractivity contribution in [3.05, 3.63) is 124 Å². The molecule has 0 aromatic heterocycles. The second kappa shape index (κ2) is 12.2. The zero-order chi connectivity index (χ0) is 30.0. The summed E-state index contributed by atoms with van der Waals surface area (Å²) >= 11 is 0. The van der Waals surface area contributed by atoms with Gasteiger partial charge in [-0.15, -0.1) is 0 Å². The van der Waals surface area contributed by atoms with E-state index in [2.05, 4.69) is 24.5 Å². The van der Waals surface area contributed by atoms with Gasteiger partial charge in [-0.3, -0.25) is 14.5 Å². The first-order valence-electron chi connectivity index (χ1n) is 14.2. The Labute approximate surface area is 246 Å². The topological polar surface area (TPSA) is 81.7 Å². The van der Waals surface area contributed by atoms with E-state index < -0.39 is 23.7 Å². The first-order chi connectivity index (χ1) is 20.2. The fourth-order valence-electron chi connectivity index (χ4n) is 5.77. The van der Waals surface area contributed by atoms with Crippen molar-refractivity contribution < 1.29 is 19.1 Å². The molecular formula is C35H36FN3O3. The lowest BCUT2D eigenvalue weighted by Crippen LogP contribution is -2.47. The van der Waals surface area contributed by atoms with Gasteiger partial charge in [-0.1, -0.05) is 48.5 Å². The van der Waals surface area contributed by atoms with Crippen molar-refractivity contribution in [2.45, 2.75) is 52.8 Å². The van der Waals surface area contributed by atoms with E-state index >= 15 is 4.39 Å². The summed E-state index contributed by atoms with van der Waals surface area (Å²) in [5.41, 5.74) is 5.96. The first kappa shape index (κ1) is 29.0. The summed E-state index contributed by atoms with van der Waals surface area (Å²) in [6.07, 6.45) is 0.395. The molecule has 216 valence electrons. The predicted octanol–water partition coefficient (Wildman–Crippen LogP) is 6.95. The molecule has 0 spiro atoms. The molecule has 6 nitrogen and oxygen atoms in total. The molecule has 2 amide bonds. The number of halogens is 1. The number of carbonyl (C=O) groups excluding carboxylic acids is 2. The van der Waals surface area contributed by atoms with Crippen LogP contribution in [-0.2, 0) is 17.8 Å². The number of rotatable bonds is 7. The molecule has 1 aliphatic rings. The van der Waals surface area contributed by atoms with E-state index in [-0.39, 0.29) is 24.1 Å². The van der Waals surface area contributed by atoms with Crippen LogP contribution >= 0.6 is 0 Å². The molecule has 4 aromatic rings. The van der Waals surface area contributed by atoms with E-state index in [1.807, 2.05) is 61.5 Å². The van der Waals surface area contributed by atoms with Gasteiger partial charge in [-0.25, -0.2) is 4.39 Å². The normalized spacial score (nSPS) is 16.2. The summed E-state index contributed by atoms with van der Waals surface area (Å²) in [6.45, 7) is 7.62. The Morgan fingerprint density at radius 3 is 2.31 bits per heavy atom. The van der Waals surface area contributed by atoms with Crippen LogP contribution in [0.5, 0.6) is 0 Å². The van der Waals surface area contributed by atoms with Crippen LogP contribution in [-0.4, -0.2) is 23.0 Å². The van der Waals surface area contributed by atoms with E-state index in [0.29, 0.717) is 23.4 Å². The van der Waals surface area contributed by atoms with Gasteiger partial charge in [0.1, 0.15) is 5.82 Å². The molecule has 0 aliphatic carbocycles. The number of hydrogen-bond acceptors (Lipinski definition) is 4. The maximum atomic E-state index is 15.2. The Morgan fingerprint density at radius 1 is 0.929 bits per heavy atom. The van der Waals surface area contributed by atoms with Gasteiger partial charge in [0.2, 0.25) is 5.91 Å². The van der Waals surface area contributed by atoms with Crippen molar-refractivity contribution in [1.29, 1.82) is 0 Å². The molecule has 1 aliphatic heterocycles. The Balaban J connectivity index is 1.63. The standard InChI is InChI=1S/C35H36FN3O3/c1-21(2)37-27-15-12-24(13-16-27)33-29(34(41)38-28-17-14-26(20-40)23(4)18-28)19-25-9-5-6-11-31(25)39(33)35(42)32-22(3)8-7-10-30(32)36/h5-18,21,29,33,37,40H,19-20H2,1-4H3,(H,38,41)/t29-,33-/m0/s1. The second-order valence-electron chi connectivity index (χ2n) is 11.2. The highest BCUT2D eigenvalue weighted by atomic mass is 19.1. The number of fused-ring (bicyclic) bond motifs is 1. The minimum atomic E-state index is -0.697. The van der Waals surface area contributed by atoms with Crippen LogP contribution in [0.15, 0.2) is 84.9 Å². The summed E-state index contributed by atoms with van der Waals surface area (Å²) in [6, 6.07) is 24.8. The smallest absolute Gasteiger partial charge is 0.262 e. The Hall–Kier alpha value is -4.49. The molecule has 42 heavy (non-hydrogen) atoms. The Bertz CT molecular complexity index is 1600. The van der Waals surface area contributed by atoms with E-state index in [1.165, 1.54) is 6.07 Å². The van der Waals surface area contributed by atoms with Crippen LogP contribution in [0.2, 0.25) is 0 Å². The molecule has 0 fully saturated rings. The fourth-order valence-corrected chi connectivity index (χ4v) is 5.77. The molecule has 1 heterocycles. The van der Waals surface area contributed by atoms with Crippen LogP contribution in [0.25, 0.3) is 0 Å². The van der Waals surface area contributed by atoms with E-state index in [1.54, 1.807) is 36.1 Å². The third-order valence-electron chi connectivity index (χ3n) is 7.83. The van der Waals surface area contributed by atoms with Gasteiger partial charge < -0.3 is 15.7 Å². The van der Waals surface area contributed by atoms with Gasteiger partial charge in [-0.05, 0) is 98.3 Å². The highest BCUT2D eigenvalue weighted by Crippen LogP contribution is 2.44. The van der Waals surface area contributed by atoms with Crippen molar-refractivity contribution in [2.75, 3.05) is 15.5 Å². The number of aliphatic hydroxyl groups excluding tert-OH is 1. The van der Waals surface area contributed by atoms with Crippen LogP contribution in [0.1, 0.15) is 58.1 Å². The second-order valence-corrected chi connectivity index (χ2v) is 11.2. The van der Waals surface area contributed by atoms with Crippen molar-refractivity contribution in [3.63, 3.8) is 0 Å². The molecule has 4 aromatic carbocycles. The van der Waals surface area contributed by atoms with Gasteiger partial charge in [0.25, 0.3) is 5.91 Å². The lowest BCUT2D eigenvalue weighted by molar-refractivity contribution is -0.120. The number of benzene rings is 4. The lowest BCUT2D eigenvalue weighted by Gasteiger charge is -2.42. The summed E-state index contributed by atoms with van der Waals surface area (Å²) in [5, 5.41) is 16.0. The summed E-state index contributed by atoms with van der Waals surface area (Å²) < 4.78 is 15.2. The summed E-state index contributed by atoms with van der Waals surface area (Å²) in [7, 11) is 0. The SMILES string of the molecule is Cc1cc(NC(=O)[C@H]2Cc3ccccc3N(C(=O)c3c(C)cccc3F)[C@H]2c2ccc(NC(C)C)cc2)ccc1CO. The maximum Gasteiger partial charge on any atom is 0.262 e. The number of nitrogens with zero attached hydrogens (tertiary/aromatic N) is 1. The highest BCUT2D eigenvalue weighted by Gasteiger charge is 2.43. The van der Waals surface area contributed by atoms with Gasteiger partial charge in [-0.2, -0.15) is 0 Å². The Morgan fingerprint density at radius 2 is 1.64 bits per heavy atom. The molecule has 2 atom stereocenters. The first-order valence-corrected chi connectivity index (χ1v) is 14.2. The summed E-state index contributed by atoms with van der Waals surface area (Å²) in [5.74, 6) is -2.01. The number of anilines is 3. The number of hydrogen-bond donors (Lipinski definition) is 3. The third-order valence-corrected chi connectivity index (χ3v) is 7.83. The zero-order valence-corrected chi connectivity index (χ0v) is 24.3. The third kappa shape index (κ3) is 5.78. The number of aryl methyl sites for hydroxylation is 2. The largest absolute Gasteiger partial charge is 0.392 e. The molecular weight excluding hydrogens is 529 g/mol. The van der Waals surface area contributed by atoms with Crippen LogP contribution < -0.4 is 15.5 Å². The highest BCUT2D eigenvalue weighted by molar-refractivity contribution is 6.09. The van der Waals surface area contributed by atoms with Crippen molar-refractivity contribution in [2.24, 2.45) is 5.92 Å². The van der Waals surface area contributed by atoms with Gasteiger partial charge in [0, 0.05) is 23.1 Å².